The predicted octanol–water partition coefficient (Wildman–Crippen LogP) is -0.0972. The number of esters is 1. The van der Waals surface area contributed by atoms with E-state index >= 15 is 0 Å². The first-order valence-corrected chi connectivity index (χ1v) is 6.36. The summed E-state index contributed by atoms with van der Waals surface area (Å²) in [7, 11) is 3.55. The van der Waals surface area contributed by atoms with Gasteiger partial charge >= 0.3 is 5.97 Å². The highest BCUT2D eigenvalue weighted by molar-refractivity contribution is 5.76. The van der Waals surface area contributed by atoms with Gasteiger partial charge in [-0.25, -0.2) is 0 Å². The fraction of sp³-hybridized carbons (Fsp3) is 0.917. The fourth-order valence-corrected chi connectivity index (χ4v) is 2.54. The summed E-state index contributed by atoms with van der Waals surface area (Å²) in [5, 5.41) is 0. The molecule has 0 amide bonds. The Labute approximate surface area is 104 Å². The molecule has 1 aliphatic rings. The molecule has 2 atom stereocenters. The maximum absolute atomic E-state index is 11.7. The van der Waals surface area contributed by atoms with Gasteiger partial charge < -0.3 is 15.4 Å². The molecule has 5 nitrogen and oxygen atoms in total. The molecule has 0 radical (unpaired) electrons. The van der Waals surface area contributed by atoms with Gasteiger partial charge in [0.15, 0.2) is 0 Å². The molecule has 100 valence electrons. The molecular weight excluding hydrogens is 218 g/mol. The van der Waals surface area contributed by atoms with Crippen LogP contribution in [0.4, 0.5) is 0 Å². The lowest BCUT2D eigenvalue weighted by Crippen LogP contribution is -2.53. The summed E-state index contributed by atoms with van der Waals surface area (Å²) < 4.78 is 4.84. The van der Waals surface area contributed by atoms with Crippen molar-refractivity contribution in [3.05, 3.63) is 0 Å². The molecule has 0 aliphatic carbocycles. The van der Waals surface area contributed by atoms with Crippen molar-refractivity contribution in [2.24, 2.45) is 5.73 Å². The number of nitrogens with two attached hydrogens (primary N) is 1. The molecule has 1 rings (SSSR count). The summed E-state index contributed by atoms with van der Waals surface area (Å²) in [6.07, 6.45) is 2.10. The molecule has 2 unspecified atom stereocenters. The number of nitrogens with zero attached hydrogens (tertiary/aromatic N) is 2. The monoisotopic (exact) mass is 243 g/mol. The zero-order chi connectivity index (χ0) is 12.8. The van der Waals surface area contributed by atoms with Crippen LogP contribution in [0.25, 0.3) is 0 Å². The second kappa shape index (κ2) is 6.93. The first-order valence-electron chi connectivity index (χ1n) is 6.36. The average Bonchev–Trinajstić information content (AvgIpc) is 2.52. The zero-order valence-corrected chi connectivity index (χ0v) is 11.2. The van der Waals surface area contributed by atoms with Gasteiger partial charge in [-0.05, 0) is 26.4 Å². The van der Waals surface area contributed by atoms with E-state index < -0.39 is 0 Å². The minimum Gasteiger partial charge on any atom is -0.468 e. The van der Waals surface area contributed by atoms with E-state index in [-0.39, 0.29) is 12.0 Å². The molecule has 0 bridgehead atoms. The van der Waals surface area contributed by atoms with Gasteiger partial charge in [-0.1, -0.05) is 6.92 Å². The maximum atomic E-state index is 11.7. The van der Waals surface area contributed by atoms with E-state index in [1.54, 1.807) is 0 Å². The molecule has 5 heteroatoms. The molecule has 0 aromatic rings. The standard InChI is InChI=1S/C12H25N3O2/c1-4-10-9-14(2)6-5-7-15(10)11(8-13)12(16)17-3/h10-11H,4-9,13H2,1-3H3. The van der Waals surface area contributed by atoms with Gasteiger partial charge in [-0.3, -0.25) is 9.69 Å². The Kier molecular flexibility index (Phi) is 5.88. The van der Waals surface area contributed by atoms with Gasteiger partial charge in [0, 0.05) is 25.7 Å². The van der Waals surface area contributed by atoms with Gasteiger partial charge in [-0.2, -0.15) is 0 Å². The van der Waals surface area contributed by atoms with Crippen molar-refractivity contribution >= 4 is 5.97 Å². The van der Waals surface area contributed by atoms with Gasteiger partial charge in [0.05, 0.1) is 7.11 Å². The molecule has 1 fully saturated rings. The highest BCUT2D eigenvalue weighted by atomic mass is 16.5. The third kappa shape index (κ3) is 3.66. The zero-order valence-electron chi connectivity index (χ0n) is 11.2. The van der Waals surface area contributed by atoms with E-state index in [0.29, 0.717) is 12.6 Å². The quantitative estimate of drug-likeness (QED) is 0.699. The largest absolute Gasteiger partial charge is 0.468 e. The molecule has 2 N–H and O–H groups in total. The molecular formula is C12H25N3O2. The Morgan fingerprint density at radius 3 is 2.76 bits per heavy atom. The summed E-state index contributed by atoms with van der Waals surface area (Å²) in [6.45, 7) is 5.46. The SMILES string of the molecule is CCC1CN(C)CCCN1C(CN)C(=O)OC. The summed E-state index contributed by atoms with van der Waals surface area (Å²) in [5.41, 5.74) is 5.73. The van der Waals surface area contributed by atoms with Crippen molar-refractivity contribution in [2.75, 3.05) is 40.3 Å². The van der Waals surface area contributed by atoms with Gasteiger partial charge in [0.25, 0.3) is 0 Å². The highest BCUT2D eigenvalue weighted by Gasteiger charge is 2.32. The van der Waals surface area contributed by atoms with E-state index in [1.165, 1.54) is 7.11 Å². The van der Waals surface area contributed by atoms with Crippen molar-refractivity contribution in [2.45, 2.75) is 31.8 Å². The van der Waals surface area contributed by atoms with E-state index in [4.69, 9.17) is 10.5 Å². The third-order valence-corrected chi connectivity index (χ3v) is 3.52. The number of rotatable bonds is 4. The first kappa shape index (κ1) is 14.4. The molecule has 0 spiro atoms. The number of carbonyl (C=O) groups is 1. The molecule has 0 aromatic carbocycles. The van der Waals surface area contributed by atoms with E-state index in [2.05, 4.69) is 23.8 Å². The Morgan fingerprint density at radius 1 is 1.53 bits per heavy atom. The summed E-state index contributed by atoms with van der Waals surface area (Å²) in [4.78, 5) is 16.3. The van der Waals surface area contributed by atoms with Crippen molar-refractivity contribution in [3.8, 4) is 0 Å². The van der Waals surface area contributed by atoms with E-state index in [0.717, 1.165) is 32.5 Å². The topological polar surface area (TPSA) is 58.8 Å². The Balaban J connectivity index is 2.78. The van der Waals surface area contributed by atoms with Crippen molar-refractivity contribution in [1.82, 2.24) is 9.80 Å². The van der Waals surface area contributed by atoms with E-state index in [1.807, 2.05) is 0 Å². The van der Waals surface area contributed by atoms with Crippen LogP contribution in [0.1, 0.15) is 19.8 Å². The van der Waals surface area contributed by atoms with Crippen molar-refractivity contribution in [3.63, 3.8) is 0 Å². The second-order valence-electron chi connectivity index (χ2n) is 4.69. The molecule has 0 saturated carbocycles. The minimum absolute atomic E-state index is 0.212. The Morgan fingerprint density at radius 2 is 2.24 bits per heavy atom. The lowest BCUT2D eigenvalue weighted by atomic mass is 10.1. The molecule has 1 aliphatic heterocycles. The number of hydrogen-bond acceptors (Lipinski definition) is 5. The molecule has 0 aromatic heterocycles. The predicted molar refractivity (Wildman–Crippen MR) is 67.8 cm³/mol. The first-order chi connectivity index (χ1) is 8.13. The summed E-state index contributed by atoms with van der Waals surface area (Å²) >= 11 is 0. The normalized spacial score (nSPS) is 25.3. The lowest BCUT2D eigenvalue weighted by Gasteiger charge is -2.34. The van der Waals surface area contributed by atoms with Gasteiger partial charge in [0.1, 0.15) is 6.04 Å². The highest BCUT2D eigenvalue weighted by Crippen LogP contribution is 2.15. The van der Waals surface area contributed by atoms with Crippen molar-refractivity contribution in [1.29, 1.82) is 0 Å². The van der Waals surface area contributed by atoms with Gasteiger partial charge in [0.2, 0.25) is 0 Å². The Bertz CT molecular complexity index is 248. The molecule has 1 heterocycles. The number of ether oxygens (including phenoxy) is 1. The van der Waals surface area contributed by atoms with Gasteiger partial charge in [-0.15, -0.1) is 0 Å². The smallest absolute Gasteiger partial charge is 0.324 e. The fourth-order valence-electron chi connectivity index (χ4n) is 2.54. The Hall–Kier alpha value is -0.650. The number of likely N-dealkylation sites (N-methyl/N-ethyl adjacent to an activating group) is 1. The average molecular weight is 243 g/mol. The van der Waals surface area contributed by atoms with Crippen LogP contribution in [0.2, 0.25) is 0 Å². The van der Waals surface area contributed by atoms with Crippen LogP contribution in [0.3, 0.4) is 0 Å². The van der Waals surface area contributed by atoms with Crippen LogP contribution in [0.15, 0.2) is 0 Å². The third-order valence-electron chi connectivity index (χ3n) is 3.52. The number of carbonyl (C=O) groups excluding carboxylic acids is 1. The van der Waals surface area contributed by atoms with Crippen LogP contribution >= 0.6 is 0 Å². The molecule has 17 heavy (non-hydrogen) atoms. The van der Waals surface area contributed by atoms with Crippen LogP contribution in [0.5, 0.6) is 0 Å². The maximum Gasteiger partial charge on any atom is 0.324 e. The second-order valence-corrected chi connectivity index (χ2v) is 4.69. The van der Waals surface area contributed by atoms with Crippen LogP contribution in [-0.4, -0.2) is 68.2 Å². The summed E-state index contributed by atoms with van der Waals surface area (Å²) in [6, 6.07) is 0.0894. The summed E-state index contributed by atoms with van der Waals surface area (Å²) in [5.74, 6) is -0.212. The minimum atomic E-state index is -0.295. The van der Waals surface area contributed by atoms with Crippen LogP contribution < -0.4 is 5.73 Å². The number of methoxy groups -OCH3 is 1. The lowest BCUT2D eigenvalue weighted by molar-refractivity contribution is -0.147. The van der Waals surface area contributed by atoms with Crippen LogP contribution in [-0.2, 0) is 9.53 Å². The molecule has 1 saturated heterocycles. The number of hydrogen-bond donors (Lipinski definition) is 1. The van der Waals surface area contributed by atoms with Crippen LogP contribution in [0, 0.1) is 0 Å². The van der Waals surface area contributed by atoms with E-state index in [9.17, 15) is 4.79 Å². The van der Waals surface area contributed by atoms with Crippen molar-refractivity contribution < 1.29 is 9.53 Å².